The molecule has 0 unspecified atom stereocenters. The number of carbonyl (C=O) groups excluding carboxylic acids is 1. The van der Waals surface area contributed by atoms with E-state index < -0.39 is 19.8 Å². The van der Waals surface area contributed by atoms with Gasteiger partial charge < -0.3 is 21.2 Å². The third-order valence-corrected chi connectivity index (χ3v) is 0.245. The Morgan fingerprint density at radius 3 is 1.54 bits per heavy atom. The quantitative estimate of drug-likeness (QED) is 0.186. The smallest absolute Gasteiger partial charge is 1.00 e. The fraction of sp³-hybridized carbons (Fsp3) is 0. The zero-order valence-electron chi connectivity index (χ0n) is 7.25. The van der Waals surface area contributed by atoms with Gasteiger partial charge in [0.2, 0.25) is 0 Å². The van der Waals surface area contributed by atoms with E-state index >= 15 is 0 Å². The zero-order chi connectivity index (χ0) is 10.4. The standard InChI is InChI=1S/C2HFO4.Na.H3O4P.H/c3-7-2(6)1(4)5;;1-5(2,3)4;/h(H,4,5);;(H3,1,2,3,4);/q;+1;;-1. The van der Waals surface area contributed by atoms with Gasteiger partial charge in [-0.1, -0.05) is 0 Å². The molecule has 0 aliphatic heterocycles. The maximum absolute atomic E-state index is 10.4. The summed E-state index contributed by atoms with van der Waals surface area (Å²) < 4.78 is 19.3. The van der Waals surface area contributed by atoms with Crippen molar-refractivity contribution in [1.82, 2.24) is 0 Å². The van der Waals surface area contributed by atoms with E-state index in [1.165, 1.54) is 0 Å². The van der Waals surface area contributed by atoms with Gasteiger partial charge in [-0.05, 0) is 0 Å². The zero-order valence-corrected chi connectivity index (χ0v) is 9.14. The predicted octanol–water partition coefficient (Wildman–Crippen LogP) is -4.31. The van der Waals surface area contributed by atoms with Crippen LogP contribution in [-0.2, 0) is 19.1 Å². The molecular formula is C2H5FNaO8P. The van der Waals surface area contributed by atoms with Gasteiger partial charge >= 0.3 is 49.3 Å². The van der Waals surface area contributed by atoms with Crippen molar-refractivity contribution >= 4 is 19.8 Å². The number of carbonyl (C=O) groups is 2. The molecule has 0 aliphatic rings. The van der Waals surface area contributed by atoms with Crippen LogP contribution >= 0.6 is 7.82 Å². The van der Waals surface area contributed by atoms with Crippen LogP contribution in [0.5, 0.6) is 0 Å². The Balaban J connectivity index is -0.0000000651. The maximum Gasteiger partial charge on any atom is 1.00 e. The first kappa shape index (κ1) is 18.7. The Labute approximate surface area is 94.2 Å². The third-order valence-electron chi connectivity index (χ3n) is 0.245. The van der Waals surface area contributed by atoms with E-state index in [9.17, 15) is 14.1 Å². The van der Waals surface area contributed by atoms with Crippen LogP contribution in [0.1, 0.15) is 1.43 Å². The molecule has 74 valence electrons. The van der Waals surface area contributed by atoms with Gasteiger partial charge in [-0.3, -0.25) is 0 Å². The van der Waals surface area contributed by atoms with Crippen LogP contribution in [0, 0.1) is 0 Å². The first-order chi connectivity index (χ1) is 5.18. The Morgan fingerprint density at radius 1 is 1.31 bits per heavy atom. The average Bonchev–Trinajstić information content (AvgIpc) is 1.82. The van der Waals surface area contributed by atoms with Crippen molar-refractivity contribution < 1.29 is 74.4 Å². The molecule has 0 radical (unpaired) electrons. The molecule has 0 aromatic rings. The Morgan fingerprint density at radius 2 is 1.54 bits per heavy atom. The number of hydrogen-bond donors (Lipinski definition) is 4. The number of carboxylic acids is 1. The minimum absolute atomic E-state index is 0. The maximum atomic E-state index is 10.4. The number of hydrogen-bond acceptors (Lipinski definition) is 4. The summed E-state index contributed by atoms with van der Waals surface area (Å²) >= 11 is 0. The van der Waals surface area contributed by atoms with Crippen LogP contribution in [0.2, 0.25) is 0 Å². The van der Waals surface area contributed by atoms with E-state index in [0.29, 0.717) is 0 Å². The van der Waals surface area contributed by atoms with Gasteiger partial charge in [0.05, 0.1) is 0 Å². The van der Waals surface area contributed by atoms with E-state index in [0.717, 1.165) is 0 Å². The summed E-state index contributed by atoms with van der Waals surface area (Å²) in [5.74, 6) is -3.84. The summed E-state index contributed by atoms with van der Waals surface area (Å²) in [6, 6.07) is 0. The SMILES string of the molecule is O=C(O)C(=O)OF.O=P(O)(O)O.[H-].[Na+]. The molecule has 0 atom stereocenters. The molecule has 0 spiro atoms. The van der Waals surface area contributed by atoms with Gasteiger partial charge in [0.25, 0.3) is 0 Å². The van der Waals surface area contributed by atoms with E-state index in [1.54, 1.807) is 0 Å². The van der Waals surface area contributed by atoms with Crippen molar-refractivity contribution in [3.05, 3.63) is 0 Å². The first-order valence-electron chi connectivity index (χ1n) is 2.02. The molecule has 0 rings (SSSR count). The fourth-order valence-electron chi connectivity index (χ4n) is 0.0330. The predicted molar refractivity (Wildman–Crippen MR) is 30.2 cm³/mol. The molecular weight excluding hydrogens is 225 g/mol. The van der Waals surface area contributed by atoms with Crippen molar-refractivity contribution in [3.8, 4) is 0 Å². The van der Waals surface area contributed by atoms with E-state index in [4.69, 9.17) is 24.4 Å². The molecule has 0 aromatic heterocycles. The first-order valence-corrected chi connectivity index (χ1v) is 3.59. The second-order valence-electron chi connectivity index (χ2n) is 1.18. The molecule has 11 heteroatoms. The molecule has 0 amide bonds. The molecule has 0 heterocycles. The molecule has 0 aliphatic carbocycles. The summed E-state index contributed by atoms with van der Waals surface area (Å²) in [6.07, 6.45) is 0. The number of rotatable bonds is 0. The Kier molecular flexibility index (Phi) is 12.3. The van der Waals surface area contributed by atoms with Gasteiger partial charge in [0, 0.05) is 4.53 Å². The van der Waals surface area contributed by atoms with Gasteiger partial charge in [-0.25, -0.2) is 19.1 Å². The van der Waals surface area contributed by atoms with Gasteiger partial charge in [0.15, 0.2) is 0 Å². The second kappa shape index (κ2) is 8.57. The Hall–Kier alpha value is -0.0200. The topological polar surface area (TPSA) is 141 Å². The molecule has 0 fully saturated rings. The van der Waals surface area contributed by atoms with Crippen LogP contribution in [0.25, 0.3) is 0 Å². The van der Waals surface area contributed by atoms with Crippen molar-refractivity contribution in [1.29, 1.82) is 0 Å². The van der Waals surface area contributed by atoms with Gasteiger partial charge in [0.1, 0.15) is 0 Å². The number of carboxylic acid groups (broad SMARTS) is 1. The Bertz CT molecular complexity index is 207. The largest absolute Gasteiger partial charge is 1.00 e. The summed E-state index contributed by atoms with van der Waals surface area (Å²) in [5, 5.41) is 7.47. The van der Waals surface area contributed by atoms with Crippen molar-refractivity contribution in [2.24, 2.45) is 0 Å². The van der Waals surface area contributed by atoms with Crippen LogP contribution in [0.15, 0.2) is 0 Å². The van der Waals surface area contributed by atoms with E-state index in [2.05, 4.69) is 4.94 Å². The normalized spacial score (nSPS) is 8.62. The monoisotopic (exact) mass is 230 g/mol. The van der Waals surface area contributed by atoms with Crippen LogP contribution in [0.3, 0.4) is 0 Å². The van der Waals surface area contributed by atoms with Crippen molar-refractivity contribution in [2.75, 3.05) is 0 Å². The average molecular weight is 230 g/mol. The summed E-state index contributed by atoms with van der Waals surface area (Å²) in [6.45, 7) is 0. The second-order valence-corrected chi connectivity index (χ2v) is 2.21. The molecule has 0 aromatic carbocycles. The number of halogens is 1. The molecule has 13 heavy (non-hydrogen) atoms. The summed E-state index contributed by atoms with van der Waals surface area (Å²) in [7, 11) is -4.64. The number of phosphoric acid groups is 1. The van der Waals surface area contributed by atoms with Gasteiger partial charge in [-0.2, -0.15) is 0 Å². The minimum atomic E-state index is -4.64. The van der Waals surface area contributed by atoms with Crippen LogP contribution in [-0.4, -0.2) is 31.7 Å². The summed E-state index contributed by atoms with van der Waals surface area (Å²) in [4.78, 5) is 42.4. The van der Waals surface area contributed by atoms with Crippen LogP contribution in [0.4, 0.5) is 4.53 Å². The molecule has 8 nitrogen and oxygen atoms in total. The van der Waals surface area contributed by atoms with Crippen LogP contribution < -0.4 is 29.6 Å². The third kappa shape index (κ3) is 33.4. The van der Waals surface area contributed by atoms with E-state index in [-0.39, 0.29) is 31.0 Å². The summed E-state index contributed by atoms with van der Waals surface area (Å²) in [5.41, 5.74) is 0. The molecule has 0 saturated carbocycles. The van der Waals surface area contributed by atoms with Gasteiger partial charge in [-0.15, -0.1) is 0 Å². The van der Waals surface area contributed by atoms with E-state index in [1.807, 2.05) is 0 Å². The van der Waals surface area contributed by atoms with Crippen molar-refractivity contribution in [2.45, 2.75) is 0 Å². The molecule has 0 bridgehead atoms. The molecule has 4 N–H and O–H groups in total. The number of aliphatic carboxylic acids is 1. The fourth-order valence-corrected chi connectivity index (χ4v) is 0.0330. The minimum Gasteiger partial charge on any atom is -1.00 e. The molecule has 0 saturated heterocycles. The van der Waals surface area contributed by atoms with Crippen molar-refractivity contribution in [3.63, 3.8) is 0 Å².